The Morgan fingerprint density at radius 2 is 1.11 bits per heavy atom. The molecule has 4 aromatic carbocycles. The minimum absolute atomic E-state index is 0.101. The number of thioether (sulfide) groups is 1. The topological polar surface area (TPSA) is 79.5 Å². The van der Waals surface area contributed by atoms with E-state index in [0.29, 0.717) is 17.1 Å². The molecule has 4 rings (SSSR count). The number of nitrogens with one attached hydrogen (secondary N) is 3. The van der Waals surface area contributed by atoms with Crippen molar-refractivity contribution in [3.63, 3.8) is 0 Å². The lowest BCUT2D eigenvalue weighted by atomic mass is 10.3. The van der Waals surface area contributed by atoms with Crippen molar-refractivity contribution in [2.45, 2.75) is 17.1 Å². The molecule has 0 aliphatic carbocycles. The second-order valence-electron chi connectivity index (χ2n) is 7.66. The summed E-state index contributed by atoms with van der Waals surface area (Å²) in [7, 11) is 0. The Morgan fingerprint density at radius 3 is 1.74 bits per heavy atom. The number of hydrogen-bond donors (Lipinski definition) is 3. The zero-order valence-corrected chi connectivity index (χ0v) is 19.9. The quantitative estimate of drug-likeness (QED) is 0.231. The van der Waals surface area contributed by atoms with Crippen LogP contribution in [0.5, 0.6) is 11.5 Å². The van der Waals surface area contributed by atoms with Crippen LogP contribution in [0.15, 0.2) is 114 Å². The number of anilines is 3. The third kappa shape index (κ3) is 7.38. The van der Waals surface area contributed by atoms with Gasteiger partial charge in [-0.15, -0.1) is 11.8 Å². The number of ether oxygens (including phenoxy) is 1. The van der Waals surface area contributed by atoms with Crippen molar-refractivity contribution in [3.05, 3.63) is 109 Å². The highest BCUT2D eigenvalue weighted by atomic mass is 32.2. The van der Waals surface area contributed by atoms with Gasteiger partial charge in [0, 0.05) is 22.0 Å². The van der Waals surface area contributed by atoms with E-state index in [1.54, 1.807) is 0 Å². The van der Waals surface area contributed by atoms with E-state index in [1.807, 2.05) is 116 Å². The van der Waals surface area contributed by atoms with Crippen LogP contribution in [0.3, 0.4) is 0 Å². The van der Waals surface area contributed by atoms with Crippen LogP contribution in [0, 0.1) is 0 Å². The van der Waals surface area contributed by atoms with Crippen LogP contribution in [-0.2, 0) is 4.79 Å². The Morgan fingerprint density at radius 1 is 0.629 bits per heavy atom. The smallest absolute Gasteiger partial charge is 0.323 e. The molecular weight excluding hydrogens is 458 g/mol. The van der Waals surface area contributed by atoms with Gasteiger partial charge in [0.05, 0.1) is 5.25 Å². The first-order chi connectivity index (χ1) is 17.0. The number of urea groups is 1. The van der Waals surface area contributed by atoms with Crippen molar-refractivity contribution in [1.29, 1.82) is 0 Å². The summed E-state index contributed by atoms with van der Waals surface area (Å²) in [5.74, 6) is 1.35. The number of carbonyl (C=O) groups excluding carboxylic acids is 2. The lowest BCUT2D eigenvalue weighted by Gasteiger charge is -2.13. The maximum absolute atomic E-state index is 12.7. The van der Waals surface area contributed by atoms with Gasteiger partial charge >= 0.3 is 6.03 Å². The van der Waals surface area contributed by atoms with Crippen LogP contribution in [0.4, 0.5) is 21.9 Å². The van der Waals surface area contributed by atoms with Crippen molar-refractivity contribution >= 4 is 40.8 Å². The van der Waals surface area contributed by atoms with Crippen molar-refractivity contribution in [2.24, 2.45) is 0 Å². The van der Waals surface area contributed by atoms with Gasteiger partial charge in [-0.3, -0.25) is 4.79 Å². The second kappa shape index (κ2) is 11.8. The average molecular weight is 484 g/mol. The maximum Gasteiger partial charge on any atom is 0.323 e. The Labute approximate surface area is 208 Å². The van der Waals surface area contributed by atoms with E-state index in [1.165, 1.54) is 11.8 Å². The fraction of sp³-hybridized carbons (Fsp3) is 0.0714. The van der Waals surface area contributed by atoms with E-state index in [2.05, 4.69) is 16.0 Å². The van der Waals surface area contributed by atoms with Gasteiger partial charge in [-0.05, 0) is 79.7 Å². The van der Waals surface area contributed by atoms with Crippen LogP contribution in [0.1, 0.15) is 6.92 Å². The summed E-state index contributed by atoms with van der Waals surface area (Å²) >= 11 is 1.44. The van der Waals surface area contributed by atoms with E-state index < -0.39 is 0 Å². The summed E-state index contributed by atoms with van der Waals surface area (Å²) in [5, 5.41) is 8.20. The fourth-order valence-corrected chi connectivity index (χ4v) is 4.03. The molecule has 3 N–H and O–H groups in total. The van der Waals surface area contributed by atoms with Gasteiger partial charge in [-0.1, -0.05) is 36.4 Å². The molecule has 7 heteroatoms. The van der Waals surface area contributed by atoms with Crippen LogP contribution >= 0.6 is 11.8 Å². The zero-order chi connectivity index (χ0) is 24.5. The lowest BCUT2D eigenvalue weighted by Crippen LogP contribution is -2.22. The molecule has 0 aromatic heterocycles. The fourth-order valence-electron chi connectivity index (χ4n) is 3.16. The Kier molecular flexibility index (Phi) is 8.04. The third-order valence-electron chi connectivity index (χ3n) is 4.93. The number of amides is 3. The standard InChI is InChI=1S/C28H25N3O3S/c1-20(27(32)29-22-12-16-25(17-13-22)34-24-10-6-3-7-11-24)35-26-18-14-23(15-19-26)31-28(33)30-21-8-4-2-5-9-21/h2-20H,1H3,(H,29,32)(H2,30,31,33). The lowest BCUT2D eigenvalue weighted by molar-refractivity contribution is -0.115. The first-order valence-electron chi connectivity index (χ1n) is 11.1. The summed E-state index contributed by atoms with van der Waals surface area (Å²) in [6.07, 6.45) is 0. The normalized spacial score (nSPS) is 11.2. The predicted octanol–water partition coefficient (Wildman–Crippen LogP) is 7.24. The molecule has 0 aliphatic heterocycles. The van der Waals surface area contributed by atoms with Gasteiger partial charge in [0.15, 0.2) is 0 Å². The van der Waals surface area contributed by atoms with Gasteiger partial charge in [0.2, 0.25) is 5.91 Å². The summed E-state index contributed by atoms with van der Waals surface area (Å²) in [6, 6.07) is 33.1. The Hall–Kier alpha value is -4.23. The molecular formula is C28H25N3O3S. The maximum atomic E-state index is 12.7. The SMILES string of the molecule is CC(Sc1ccc(NC(=O)Nc2ccccc2)cc1)C(=O)Nc1ccc(Oc2ccccc2)cc1. The largest absolute Gasteiger partial charge is 0.457 e. The number of benzene rings is 4. The summed E-state index contributed by atoms with van der Waals surface area (Å²) in [6.45, 7) is 1.85. The predicted molar refractivity (Wildman–Crippen MR) is 142 cm³/mol. The first kappa shape index (κ1) is 23.9. The molecule has 1 atom stereocenters. The van der Waals surface area contributed by atoms with Gasteiger partial charge in [0.25, 0.3) is 0 Å². The van der Waals surface area contributed by atoms with E-state index in [9.17, 15) is 9.59 Å². The van der Waals surface area contributed by atoms with Crippen LogP contribution in [0.2, 0.25) is 0 Å². The average Bonchev–Trinajstić information content (AvgIpc) is 2.87. The molecule has 0 saturated heterocycles. The summed E-state index contributed by atoms with van der Waals surface area (Å²) < 4.78 is 5.78. The van der Waals surface area contributed by atoms with E-state index in [0.717, 1.165) is 16.3 Å². The minimum Gasteiger partial charge on any atom is -0.457 e. The Balaban J connectivity index is 1.25. The third-order valence-corrected chi connectivity index (χ3v) is 6.04. The highest BCUT2D eigenvalue weighted by molar-refractivity contribution is 8.00. The molecule has 4 aromatic rings. The highest BCUT2D eigenvalue weighted by Crippen LogP contribution is 2.27. The zero-order valence-electron chi connectivity index (χ0n) is 19.1. The molecule has 0 spiro atoms. The van der Waals surface area contributed by atoms with E-state index in [-0.39, 0.29) is 17.2 Å². The highest BCUT2D eigenvalue weighted by Gasteiger charge is 2.15. The molecule has 6 nitrogen and oxygen atoms in total. The van der Waals surface area contributed by atoms with Crippen molar-refractivity contribution < 1.29 is 14.3 Å². The van der Waals surface area contributed by atoms with Crippen LogP contribution in [0.25, 0.3) is 0 Å². The molecule has 0 heterocycles. The van der Waals surface area contributed by atoms with Crippen molar-refractivity contribution in [2.75, 3.05) is 16.0 Å². The second-order valence-corrected chi connectivity index (χ2v) is 9.07. The summed E-state index contributed by atoms with van der Waals surface area (Å²) in [4.78, 5) is 25.7. The molecule has 0 fully saturated rings. The Bertz CT molecular complexity index is 1250. The number of rotatable bonds is 8. The first-order valence-corrected chi connectivity index (χ1v) is 12.0. The number of carbonyl (C=O) groups is 2. The van der Waals surface area contributed by atoms with Crippen molar-refractivity contribution in [3.8, 4) is 11.5 Å². The number of hydrogen-bond acceptors (Lipinski definition) is 4. The molecule has 0 aliphatic rings. The van der Waals surface area contributed by atoms with Gasteiger partial charge < -0.3 is 20.7 Å². The van der Waals surface area contributed by atoms with Crippen molar-refractivity contribution in [1.82, 2.24) is 0 Å². The van der Waals surface area contributed by atoms with E-state index in [4.69, 9.17) is 4.74 Å². The van der Waals surface area contributed by atoms with Crippen LogP contribution < -0.4 is 20.7 Å². The monoisotopic (exact) mass is 483 g/mol. The molecule has 35 heavy (non-hydrogen) atoms. The molecule has 0 bridgehead atoms. The summed E-state index contributed by atoms with van der Waals surface area (Å²) in [5.41, 5.74) is 2.08. The molecule has 1 unspecified atom stereocenters. The van der Waals surface area contributed by atoms with E-state index >= 15 is 0 Å². The van der Waals surface area contributed by atoms with Gasteiger partial charge in [-0.25, -0.2) is 4.79 Å². The molecule has 176 valence electrons. The van der Waals surface area contributed by atoms with Crippen LogP contribution in [-0.4, -0.2) is 17.2 Å². The van der Waals surface area contributed by atoms with Gasteiger partial charge in [-0.2, -0.15) is 0 Å². The number of para-hydroxylation sites is 2. The van der Waals surface area contributed by atoms with Gasteiger partial charge in [0.1, 0.15) is 11.5 Å². The molecule has 0 radical (unpaired) electrons. The molecule has 0 saturated carbocycles. The molecule has 3 amide bonds. The minimum atomic E-state index is -0.315.